The molecule has 11 heteroatoms. The molecule has 0 fully saturated rings. The number of aliphatic hydroxyl groups excluding tert-OH is 1. The summed E-state index contributed by atoms with van der Waals surface area (Å²) in [6.45, 7) is 14.6. The Kier molecular flexibility index (Phi) is 8.27. The predicted molar refractivity (Wildman–Crippen MR) is 143 cm³/mol. The molecule has 0 aliphatic rings. The van der Waals surface area contributed by atoms with Gasteiger partial charge in [0, 0.05) is 9.75 Å². The largest absolute Gasteiger partial charge is 0.444 e. The number of carbonyl (C=O) groups excluding carboxylic acids is 2. The molecular weight excluding hydrogens is 500 g/mol. The Morgan fingerprint density at radius 1 is 1.17 bits per heavy atom. The number of rotatable bonds is 6. The van der Waals surface area contributed by atoms with Crippen LogP contribution in [0.15, 0.2) is 23.7 Å². The van der Waals surface area contributed by atoms with Crippen LogP contribution in [0.3, 0.4) is 0 Å². The molecule has 0 unspecified atom stereocenters. The number of aliphatic hydroxyl groups is 1. The first-order chi connectivity index (χ1) is 16.7. The van der Waals surface area contributed by atoms with Crippen LogP contribution >= 0.6 is 22.7 Å². The third-order valence-electron chi connectivity index (χ3n) is 5.01. The average Bonchev–Trinajstić information content (AvgIpc) is 3.36. The van der Waals surface area contributed by atoms with Crippen molar-refractivity contribution in [3.8, 4) is 0 Å². The van der Waals surface area contributed by atoms with Gasteiger partial charge in [0.05, 0.1) is 29.2 Å². The number of fused-ring (bicyclic) bond motifs is 1. The zero-order chi connectivity index (χ0) is 26.8. The number of hydrogen-bond donors (Lipinski definition) is 2. The number of nitrogens with one attached hydrogen (secondary N) is 1. The summed E-state index contributed by atoms with van der Waals surface area (Å²) in [4.78, 5) is 28.6. The molecule has 3 rings (SSSR count). The molecule has 196 valence electrons. The molecule has 3 aromatic heterocycles. The topological polar surface area (TPSA) is 114 Å². The van der Waals surface area contributed by atoms with Crippen LogP contribution in [-0.4, -0.2) is 44.7 Å². The highest BCUT2D eigenvalue weighted by atomic mass is 32.1. The highest BCUT2D eigenvalue weighted by Crippen LogP contribution is 2.40. The molecule has 0 aliphatic carbocycles. The van der Waals surface area contributed by atoms with Gasteiger partial charge in [-0.3, -0.25) is 4.90 Å². The van der Waals surface area contributed by atoms with Crippen LogP contribution in [0.1, 0.15) is 69.9 Å². The van der Waals surface area contributed by atoms with Gasteiger partial charge in [-0.25, -0.2) is 9.59 Å². The average molecular weight is 535 g/mol. The summed E-state index contributed by atoms with van der Waals surface area (Å²) in [5, 5.41) is 24.2. The zero-order valence-electron chi connectivity index (χ0n) is 21.9. The van der Waals surface area contributed by atoms with Crippen molar-refractivity contribution in [3.63, 3.8) is 0 Å². The van der Waals surface area contributed by atoms with Crippen molar-refractivity contribution >= 4 is 50.8 Å². The van der Waals surface area contributed by atoms with E-state index in [0.717, 1.165) is 10.4 Å². The molecular formula is C25H34N4O5S2. The molecule has 0 saturated carbocycles. The van der Waals surface area contributed by atoms with E-state index >= 15 is 0 Å². The van der Waals surface area contributed by atoms with Crippen molar-refractivity contribution in [1.82, 2.24) is 15.5 Å². The number of ether oxygens (including phenoxy) is 2. The van der Waals surface area contributed by atoms with Crippen molar-refractivity contribution in [3.05, 3.63) is 39.0 Å². The molecule has 0 aromatic carbocycles. The van der Waals surface area contributed by atoms with Gasteiger partial charge in [0.1, 0.15) is 22.8 Å². The van der Waals surface area contributed by atoms with E-state index in [1.807, 2.05) is 45.2 Å². The van der Waals surface area contributed by atoms with E-state index in [2.05, 4.69) is 15.5 Å². The van der Waals surface area contributed by atoms with Crippen LogP contribution in [0.4, 0.5) is 15.3 Å². The number of anilines is 1. The van der Waals surface area contributed by atoms with E-state index in [9.17, 15) is 14.7 Å². The minimum atomic E-state index is -1.02. The molecule has 2 N–H and O–H groups in total. The monoisotopic (exact) mass is 534 g/mol. The number of amides is 2. The fourth-order valence-electron chi connectivity index (χ4n) is 3.41. The third kappa shape index (κ3) is 6.92. The minimum Gasteiger partial charge on any atom is -0.444 e. The Bertz CT molecular complexity index is 1210. The smallest absolute Gasteiger partial charge is 0.415 e. The van der Waals surface area contributed by atoms with Gasteiger partial charge < -0.3 is 19.9 Å². The lowest BCUT2D eigenvalue weighted by Crippen LogP contribution is -2.40. The fraction of sp³-hybridized carbons (Fsp3) is 0.520. The van der Waals surface area contributed by atoms with Gasteiger partial charge in [-0.1, -0.05) is 6.07 Å². The lowest BCUT2D eigenvalue weighted by Gasteiger charge is -2.27. The molecule has 0 aliphatic heterocycles. The number of nitrogens with zero attached hydrogens (tertiary/aromatic N) is 3. The van der Waals surface area contributed by atoms with Crippen LogP contribution in [0.2, 0.25) is 0 Å². The Morgan fingerprint density at radius 2 is 1.83 bits per heavy atom. The maximum Gasteiger partial charge on any atom is 0.415 e. The van der Waals surface area contributed by atoms with Crippen molar-refractivity contribution in [1.29, 1.82) is 0 Å². The summed E-state index contributed by atoms with van der Waals surface area (Å²) >= 11 is 2.85. The first-order valence-electron chi connectivity index (χ1n) is 11.6. The van der Waals surface area contributed by atoms with Crippen molar-refractivity contribution in [2.75, 3.05) is 4.90 Å². The van der Waals surface area contributed by atoms with Gasteiger partial charge in [-0.2, -0.15) is 5.10 Å². The molecule has 0 saturated heterocycles. The second kappa shape index (κ2) is 10.7. The van der Waals surface area contributed by atoms with Gasteiger partial charge in [0.25, 0.3) is 0 Å². The SMILES string of the molecule is Cc1c([C@H](O)[C@H](C)NC(=O)OC(C)(C)C)sc2c(N(Cc3cccs3)C(=O)OC(C)(C)C)cnnc12. The van der Waals surface area contributed by atoms with E-state index in [0.29, 0.717) is 27.3 Å². The molecule has 0 spiro atoms. The number of alkyl carbamates (subject to hydrolysis) is 1. The number of aromatic nitrogens is 2. The zero-order valence-corrected chi connectivity index (χ0v) is 23.5. The van der Waals surface area contributed by atoms with Gasteiger partial charge in [-0.05, 0) is 72.4 Å². The van der Waals surface area contributed by atoms with E-state index < -0.39 is 35.5 Å². The lowest BCUT2D eigenvalue weighted by atomic mass is 10.1. The molecule has 9 nitrogen and oxygen atoms in total. The lowest BCUT2D eigenvalue weighted by molar-refractivity contribution is 0.0437. The maximum atomic E-state index is 13.3. The van der Waals surface area contributed by atoms with Crippen LogP contribution in [0.25, 0.3) is 10.2 Å². The molecule has 3 aromatic rings. The predicted octanol–water partition coefficient (Wildman–Crippen LogP) is 5.95. The highest BCUT2D eigenvalue weighted by Gasteiger charge is 2.30. The van der Waals surface area contributed by atoms with Crippen LogP contribution < -0.4 is 10.2 Å². The summed E-state index contributed by atoms with van der Waals surface area (Å²) in [5.74, 6) is 0. The van der Waals surface area contributed by atoms with Gasteiger partial charge >= 0.3 is 12.2 Å². The van der Waals surface area contributed by atoms with Crippen molar-refractivity contribution in [2.24, 2.45) is 0 Å². The Labute approximate surface area is 219 Å². The fourth-order valence-corrected chi connectivity index (χ4v) is 5.46. The third-order valence-corrected chi connectivity index (χ3v) is 7.24. The standard InChI is InChI=1S/C25H34N4O5S2/c1-14-18-21(36-20(14)19(30)15(2)27-22(31)33-24(3,4)5)17(12-26-28-18)29(13-16-10-9-11-35-16)23(32)34-25(6,7)8/h9-12,15,19,30H,13H2,1-8H3,(H,27,31)/t15-,19+/m0/s1. The molecule has 0 bridgehead atoms. The van der Waals surface area contributed by atoms with Gasteiger partial charge in [0.2, 0.25) is 0 Å². The molecule has 3 heterocycles. The summed E-state index contributed by atoms with van der Waals surface area (Å²) < 4.78 is 11.7. The van der Waals surface area contributed by atoms with Gasteiger partial charge in [0.15, 0.2) is 0 Å². The summed E-state index contributed by atoms with van der Waals surface area (Å²) in [5.41, 5.74) is 0.521. The maximum absolute atomic E-state index is 13.3. The van der Waals surface area contributed by atoms with E-state index in [1.165, 1.54) is 28.9 Å². The summed E-state index contributed by atoms with van der Waals surface area (Å²) in [6, 6.07) is 3.25. The first kappa shape index (κ1) is 27.8. The van der Waals surface area contributed by atoms with E-state index in [1.54, 1.807) is 32.6 Å². The summed E-state index contributed by atoms with van der Waals surface area (Å²) in [6.07, 6.45) is -0.593. The number of hydrogen-bond acceptors (Lipinski definition) is 9. The van der Waals surface area contributed by atoms with Crippen molar-refractivity contribution < 1.29 is 24.2 Å². The van der Waals surface area contributed by atoms with E-state index in [-0.39, 0.29) is 0 Å². The quantitative estimate of drug-likeness (QED) is 0.402. The Morgan fingerprint density at radius 3 is 2.42 bits per heavy atom. The van der Waals surface area contributed by atoms with Crippen LogP contribution in [-0.2, 0) is 16.0 Å². The molecule has 2 atom stereocenters. The Balaban J connectivity index is 1.98. The van der Waals surface area contributed by atoms with Gasteiger partial charge in [-0.15, -0.1) is 27.8 Å². The first-order valence-corrected chi connectivity index (χ1v) is 13.3. The minimum absolute atomic E-state index is 0.304. The number of carbonyl (C=O) groups is 2. The van der Waals surface area contributed by atoms with Crippen LogP contribution in [0, 0.1) is 6.92 Å². The molecule has 2 amide bonds. The van der Waals surface area contributed by atoms with E-state index in [4.69, 9.17) is 9.47 Å². The van der Waals surface area contributed by atoms with Crippen molar-refractivity contribution in [2.45, 2.75) is 85.3 Å². The van der Waals surface area contributed by atoms with Crippen LogP contribution in [0.5, 0.6) is 0 Å². The number of thiophene rings is 2. The highest BCUT2D eigenvalue weighted by molar-refractivity contribution is 7.20. The molecule has 0 radical (unpaired) electrons. The molecule has 36 heavy (non-hydrogen) atoms. The normalized spacial score (nSPS) is 13.8. The second-order valence-electron chi connectivity index (χ2n) is 10.5. The second-order valence-corrected chi connectivity index (χ2v) is 12.6. The Hall–Kier alpha value is -2.76. The number of aryl methyl sites for hydroxylation is 1. The summed E-state index contributed by atoms with van der Waals surface area (Å²) in [7, 11) is 0.